The Kier molecular flexibility index (Phi) is 4.43. The molecule has 0 aliphatic carbocycles. The van der Waals surface area contributed by atoms with Crippen molar-refractivity contribution < 1.29 is 4.79 Å². The molecule has 2 rings (SSSR count). The van der Waals surface area contributed by atoms with Crippen molar-refractivity contribution in [3.63, 3.8) is 0 Å². The maximum absolute atomic E-state index is 12.0. The lowest BCUT2D eigenvalue weighted by Crippen LogP contribution is -2.14. The van der Waals surface area contributed by atoms with Gasteiger partial charge in [0.15, 0.2) is 0 Å². The first kappa shape index (κ1) is 13.7. The first-order valence-electron chi connectivity index (χ1n) is 6.07. The van der Waals surface area contributed by atoms with Crippen LogP contribution in [0.4, 0.5) is 5.69 Å². The van der Waals surface area contributed by atoms with Crippen LogP contribution in [0, 0.1) is 18.8 Å². The topological polar surface area (TPSA) is 80.9 Å². The Morgan fingerprint density at radius 3 is 2.85 bits per heavy atom. The van der Waals surface area contributed by atoms with Crippen LogP contribution in [-0.2, 0) is 0 Å². The summed E-state index contributed by atoms with van der Waals surface area (Å²) in [6, 6.07) is 5.12. The molecule has 0 bridgehead atoms. The molecule has 0 saturated heterocycles. The van der Waals surface area contributed by atoms with Gasteiger partial charge in [-0.3, -0.25) is 9.78 Å². The molecule has 0 spiro atoms. The zero-order valence-corrected chi connectivity index (χ0v) is 11.1. The molecule has 0 saturated carbocycles. The van der Waals surface area contributed by atoms with E-state index in [2.05, 4.69) is 27.1 Å². The molecule has 0 aromatic carbocycles. The van der Waals surface area contributed by atoms with E-state index in [9.17, 15) is 4.79 Å². The Labute approximate surface area is 117 Å². The maximum atomic E-state index is 12.0. The number of nitrogens with one attached hydrogen (secondary N) is 1. The molecule has 2 aromatic heterocycles. The number of aryl methyl sites for hydroxylation is 1. The lowest BCUT2D eigenvalue weighted by atomic mass is 10.2. The van der Waals surface area contributed by atoms with Gasteiger partial charge in [-0.2, -0.15) is 0 Å². The highest BCUT2D eigenvalue weighted by molar-refractivity contribution is 6.03. The van der Waals surface area contributed by atoms with Gasteiger partial charge >= 0.3 is 0 Å². The lowest BCUT2D eigenvalue weighted by Gasteiger charge is -2.06. The van der Waals surface area contributed by atoms with Crippen LogP contribution in [0.3, 0.4) is 0 Å². The second-order valence-corrected chi connectivity index (χ2v) is 4.08. The highest BCUT2D eigenvalue weighted by Gasteiger charge is 2.08. The van der Waals surface area contributed by atoms with Gasteiger partial charge in [-0.1, -0.05) is 11.8 Å². The fraction of sp³-hybridized carbons (Fsp3) is 0.133. The molecular weight excluding hydrogens is 252 g/mol. The zero-order chi connectivity index (χ0) is 14.4. The number of nitrogens with two attached hydrogens (primary N) is 1. The van der Waals surface area contributed by atoms with E-state index in [1.54, 1.807) is 36.8 Å². The molecule has 5 heteroatoms. The van der Waals surface area contributed by atoms with Gasteiger partial charge in [0.25, 0.3) is 5.91 Å². The number of pyridine rings is 2. The van der Waals surface area contributed by atoms with Crippen LogP contribution in [0.1, 0.15) is 21.6 Å². The first-order valence-corrected chi connectivity index (χ1v) is 6.07. The number of nitrogens with zero attached hydrogens (tertiary/aromatic N) is 2. The summed E-state index contributed by atoms with van der Waals surface area (Å²) in [4.78, 5) is 20.1. The predicted octanol–water partition coefficient (Wildman–Crippen LogP) is 1.35. The Hall–Kier alpha value is -2.71. The number of amides is 1. The van der Waals surface area contributed by atoms with Crippen LogP contribution in [0.5, 0.6) is 0 Å². The van der Waals surface area contributed by atoms with Crippen molar-refractivity contribution in [3.05, 3.63) is 53.6 Å². The van der Waals surface area contributed by atoms with Crippen LogP contribution >= 0.6 is 0 Å². The third-order valence-electron chi connectivity index (χ3n) is 2.60. The molecular formula is C15H14N4O. The number of anilines is 1. The van der Waals surface area contributed by atoms with Crippen LogP contribution < -0.4 is 11.1 Å². The van der Waals surface area contributed by atoms with Gasteiger partial charge in [0.05, 0.1) is 6.54 Å². The van der Waals surface area contributed by atoms with E-state index in [0.29, 0.717) is 12.2 Å². The molecule has 0 aliphatic heterocycles. The largest absolute Gasteiger partial charge is 0.320 e. The third-order valence-corrected chi connectivity index (χ3v) is 2.60. The van der Waals surface area contributed by atoms with Crippen molar-refractivity contribution >= 4 is 11.6 Å². The highest BCUT2D eigenvalue weighted by Crippen LogP contribution is 2.12. The van der Waals surface area contributed by atoms with Gasteiger partial charge in [-0.25, -0.2) is 4.98 Å². The summed E-state index contributed by atoms with van der Waals surface area (Å²) in [6.07, 6.45) is 4.87. The van der Waals surface area contributed by atoms with Crippen molar-refractivity contribution in [3.8, 4) is 11.8 Å². The number of aromatic nitrogens is 2. The monoisotopic (exact) mass is 266 g/mol. The molecule has 20 heavy (non-hydrogen) atoms. The predicted molar refractivity (Wildman–Crippen MR) is 77.1 cm³/mol. The smallest absolute Gasteiger partial charge is 0.274 e. The van der Waals surface area contributed by atoms with Gasteiger partial charge < -0.3 is 11.1 Å². The summed E-state index contributed by atoms with van der Waals surface area (Å²) in [6.45, 7) is 2.17. The normalized spacial score (nSPS) is 9.50. The minimum absolute atomic E-state index is 0.266. The number of hydrogen-bond donors (Lipinski definition) is 2. The van der Waals surface area contributed by atoms with Crippen LogP contribution in [-0.4, -0.2) is 22.4 Å². The second-order valence-electron chi connectivity index (χ2n) is 4.08. The standard InChI is InChI=1S/C15H14N4O/c1-11-9-17-8-6-13(11)19-15(20)14-5-4-12(10-18-14)3-2-7-16/h4-6,8-10H,7,16H2,1H3,(H,17,19,20). The number of carbonyl (C=O) groups excluding carboxylic acids is 1. The minimum atomic E-state index is -0.266. The molecule has 2 heterocycles. The third kappa shape index (κ3) is 3.40. The van der Waals surface area contributed by atoms with E-state index in [4.69, 9.17) is 5.73 Å². The Balaban J connectivity index is 2.12. The van der Waals surface area contributed by atoms with E-state index < -0.39 is 0 Å². The second kappa shape index (κ2) is 6.45. The molecule has 0 unspecified atom stereocenters. The maximum Gasteiger partial charge on any atom is 0.274 e. The minimum Gasteiger partial charge on any atom is -0.320 e. The molecule has 0 aliphatic rings. The zero-order valence-electron chi connectivity index (χ0n) is 11.1. The number of carbonyl (C=O) groups is 1. The SMILES string of the molecule is Cc1cnccc1NC(=O)c1ccc(C#CCN)cn1. The highest BCUT2D eigenvalue weighted by atomic mass is 16.1. The van der Waals surface area contributed by atoms with Crippen LogP contribution in [0.25, 0.3) is 0 Å². The Bertz CT molecular complexity index is 668. The van der Waals surface area contributed by atoms with E-state index in [1.165, 1.54) is 0 Å². The molecule has 100 valence electrons. The van der Waals surface area contributed by atoms with Gasteiger partial charge in [0.1, 0.15) is 5.69 Å². The molecule has 5 nitrogen and oxygen atoms in total. The van der Waals surface area contributed by atoms with E-state index in [-0.39, 0.29) is 5.91 Å². The van der Waals surface area contributed by atoms with Crippen LogP contribution in [0.2, 0.25) is 0 Å². The molecule has 0 fully saturated rings. The van der Waals surface area contributed by atoms with E-state index >= 15 is 0 Å². The molecule has 1 amide bonds. The average molecular weight is 266 g/mol. The molecule has 0 radical (unpaired) electrons. The lowest BCUT2D eigenvalue weighted by molar-refractivity contribution is 0.102. The summed E-state index contributed by atoms with van der Waals surface area (Å²) in [7, 11) is 0. The van der Waals surface area contributed by atoms with E-state index in [0.717, 1.165) is 16.8 Å². The summed E-state index contributed by atoms with van der Waals surface area (Å²) >= 11 is 0. The number of rotatable bonds is 2. The van der Waals surface area contributed by atoms with Crippen molar-refractivity contribution in [2.45, 2.75) is 6.92 Å². The van der Waals surface area contributed by atoms with Crippen molar-refractivity contribution in [2.24, 2.45) is 5.73 Å². The summed E-state index contributed by atoms with van der Waals surface area (Å²) in [5.74, 6) is 5.32. The summed E-state index contributed by atoms with van der Waals surface area (Å²) in [5, 5.41) is 2.79. The van der Waals surface area contributed by atoms with Gasteiger partial charge in [-0.15, -0.1) is 0 Å². The molecule has 0 atom stereocenters. The average Bonchev–Trinajstić information content (AvgIpc) is 2.48. The summed E-state index contributed by atoms with van der Waals surface area (Å²) in [5.41, 5.74) is 7.97. The van der Waals surface area contributed by atoms with Crippen molar-refractivity contribution in [2.75, 3.05) is 11.9 Å². The fourth-order valence-electron chi connectivity index (χ4n) is 1.56. The van der Waals surface area contributed by atoms with Crippen molar-refractivity contribution in [1.82, 2.24) is 9.97 Å². The van der Waals surface area contributed by atoms with Crippen molar-refractivity contribution in [1.29, 1.82) is 0 Å². The quantitative estimate of drug-likeness (QED) is 0.804. The van der Waals surface area contributed by atoms with Gasteiger partial charge in [0, 0.05) is 29.8 Å². The summed E-state index contributed by atoms with van der Waals surface area (Å²) < 4.78 is 0. The van der Waals surface area contributed by atoms with E-state index in [1.807, 2.05) is 6.92 Å². The van der Waals surface area contributed by atoms with Crippen LogP contribution in [0.15, 0.2) is 36.8 Å². The molecule has 2 aromatic rings. The first-order chi connectivity index (χ1) is 9.70. The fourth-order valence-corrected chi connectivity index (χ4v) is 1.56. The Morgan fingerprint density at radius 2 is 2.20 bits per heavy atom. The van der Waals surface area contributed by atoms with Gasteiger partial charge in [-0.05, 0) is 30.7 Å². The van der Waals surface area contributed by atoms with Gasteiger partial charge in [0.2, 0.25) is 0 Å². The molecule has 3 N–H and O–H groups in total. The Morgan fingerprint density at radius 1 is 1.35 bits per heavy atom. The number of hydrogen-bond acceptors (Lipinski definition) is 4.